The molecule has 2 aromatic rings. The van der Waals surface area contributed by atoms with Crippen LogP contribution in [-0.2, 0) is 11.4 Å². The Morgan fingerprint density at radius 3 is 2.85 bits per heavy atom. The van der Waals surface area contributed by atoms with Crippen LogP contribution in [0.3, 0.4) is 0 Å². The van der Waals surface area contributed by atoms with Crippen LogP contribution in [0.2, 0.25) is 0 Å². The molecule has 0 spiro atoms. The van der Waals surface area contributed by atoms with E-state index < -0.39 is 0 Å². The zero-order chi connectivity index (χ0) is 18.9. The van der Waals surface area contributed by atoms with Crippen molar-refractivity contribution < 1.29 is 14.3 Å². The summed E-state index contributed by atoms with van der Waals surface area (Å²) in [5, 5.41) is 5.41. The van der Waals surface area contributed by atoms with Crippen molar-refractivity contribution in [3.8, 4) is 5.75 Å². The Morgan fingerprint density at radius 2 is 2.15 bits per heavy atom. The fraction of sp³-hybridized carbons (Fsp3) is 0.278. The number of carbonyl (C=O) groups excluding carboxylic acids is 2. The van der Waals surface area contributed by atoms with Gasteiger partial charge in [-0.2, -0.15) is 0 Å². The Hall–Kier alpha value is -3.13. The first-order valence-electron chi connectivity index (χ1n) is 8.10. The summed E-state index contributed by atoms with van der Waals surface area (Å²) in [6, 6.07) is 8.50. The summed E-state index contributed by atoms with van der Waals surface area (Å²) in [6.45, 7) is 1.44. The third-order valence-electron chi connectivity index (χ3n) is 3.52. The van der Waals surface area contributed by atoms with Crippen molar-refractivity contribution in [3.05, 3.63) is 47.7 Å². The molecule has 0 radical (unpaired) electrons. The van der Waals surface area contributed by atoms with Gasteiger partial charge in [0.25, 0.3) is 5.91 Å². The summed E-state index contributed by atoms with van der Waals surface area (Å²) in [6.07, 6.45) is 2.14. The number of amides is 2. The molecule has 0 saturated heterocycles. The normalized spacial score (nSPS) is 10.4. The first-order valence-corrected chi connectivity index (χ1v) is 8.10. The van der Waals surface area contributed by atoms with Gasteiger partial charge in [0.05, 0.1) is 0 Å². The third kappa shape index (κ3) is 5.75. The van der Waals surface area contributed by atoms with Crippen LogP contribution in [0.15, 0.2) is 36.5 Å². The van der Waals surface area contributed by atoms with E-state index in [2.05, 4.69) is 15.6 Å². The van der Waals surface area contributed by atoms with Crippen molar-refractivity contribution >= 4 is 23.8 Å². The zero-order valence-electron chi connectivity index (χ0n) is 14.9. The number of pyridine rings is 1. The Balaban J connectivity index is 2.12. The molecule has 26 heavy (non-hydrogen) atoms. The molecule has 2 rings (SSSR count). The fourth-order valence-corrected chi connectivity index (χ4v) is 2.24. The largest absolute Gasteiger partial charge is 0.485 e. The summed E-state index contributed by atoms with van der Waals surface area (Å²) in [7, 11) is 3.86. The van der Waals surface area contributed by atoms with Crippen LogP contribution < -0.4 is 21.1 Å². The number of nitrogens with two attached hydrogens (primary N) is 1. The Morgan fingerprint density at radius 1 is 1.35 bits per heavy atom. The number of rotatable bonds is 9. The van der Waals surface area contributed by atoms with Crippen molar-refractivity contribution in [2.45, 2.75) is 6.61 Å². The lowest BCUT2D eigenvalue weighted by molar-refractivity contribution is -0.105. The number of nitrogens with zero attached hydrogens (tertiary/aromatic N) is 2. The Bertz CT molecular complexity index is 764. The number of hydrogen-bond acceptors (Lipinski definition) is 6. The van der Waals surface area contributed by atoms with Gasteiger partial charge >= 0.3 is 0 Å². The van der Waals surface area contributed by atoms with E-state index in [1.54, 1.807) is 36.5 Å². The first kappa shape index (κ1) is 19.2. The molecule has 8 heteroatoms. The minimum absolute atomic E-state index is 0.183. The van der Waals surface area contributed by atoms with Crippen LogP contribution in [-0.4, -0.2) is 49.4 Å². The van der Waals surface area contributed by atoms with Gasteiger partial charge in [0, 0.05) is 30.5 Å². The number of carbonyl (C=O) groups is 2. The molecule has 0 aliphatic rings. The zero-order valence-corrected chi connectivity index (χ0v) is 14.9. The van der Waals surface area contributed by atoms with E-state index in [1.165, 1.54) is 0 Å². The molecule has 0 aliphatic heterocycles. The quantitative estimate of drug-likeness (QED) is 0.580. The number of nitrogen functional groups attached to an aromatic ring is 1. The smallest absolute Gasteiger partial charge is 0.251 e. The second-order valence-corrected chi connectivity index (χ2v) is 5.92. The van der Waals surface area contributed by atoms with E-state index in [9.17, 15) is 9.59 Å². The molecule has 0 aliphatic carbocycles. The second-order valence-electron chi connectivity index (χ2n) is 5.92. The molecule has 1 heterocycles. The third-order valence-corrected chi connectivity index (χ3v) is 3.52. The fourth-order valence-electron chi connectivity index (χ4n) is 2.24. The Kier molecular flexibility index (Phi) is 6.92. The number of hydrogen-bond donors (Lipinski definition) is 3. The highest BCUT2D eigenvalue weighted by Gasteiger charge is 2.10. The van der Waals surface area contributed by atoms with Crippen LogP contribution in [0.1, 0.15) is 15.9 Å². The molecule has 2 amide bonds. The van der Waals surface area contributed by atoms with E-state index in [4.69, 9.17) is 10.5 Å². The molecule has 0 unspecified atom stereocenters. The second kappa shape index (κ2) is 9.38. The van der Waals surface area contributed by atoms with Crippen molar-refractivity contribution in [1.29, 1.82) is 0 Å². The molecule has 0 saturated carbocycles. The maximum atomic E-state index is 12.3. The average molecular weight is 357 g/mol. The summed E-state index contributed by atoms with van der Waals surface area (Å²) < 4.78 is 5.66. The number of anilines is 2. The average Bonchev–Trinajstić information content (AvgIpc) is 2.61. The summed E-state index contributed by atoms with van der Waals surface area (Å²) in [5.41, 5.74) is 7.43. The van der Waals surface area contributed by atoms with Crippen LogP contribution >= 0.6 is 0 Å². The van der Waals surface area contributed by atoms with Gasteiger partial charge in [0.2, 0.25) is 6.41 Å². The highest BCUT2D eigenvalue weighted by molar-refractivity contribution is 5.95. The molecule has 0 bridgehead atoms. The molecule has 1 aromatic heterocycles. The molecule has 138 valence electrons. The lowest BCUT2D eigenvalue weighted by Gasteiger charge is -2.13. The van der Waals surface area contributed by atoms with Crippen LogP contribution in [0.4, 0.5) is 11.5 Å². The van der Waals surface area contributed by atoms with Gasteiger partial charge in [-0.15, -0.1) is 0 Å². The molecular formula is C18H23N5O3. The number of benzene rings is 1. The van der Waals surface area contributed by atoms with E-state index in [-0.39, 0.29) is 18.3 Å². The monoisotopic (exact) mass is 357 g/mol. The maximum Gasteiger partial charge on any atom is 0.251 e. The maximum absolute atomic E-state index is 12.3. The van der Waals surface area contributed by atoms with Crippen molar-refractivity contribution in [2.75, 3.05) is 38.2 Å². The molecule has 8 nitrogen and oxygen atoms in total. The van der Waals surface area contributed by atoms with E-state index in [0.717, 1.165) is 12.1 Å². The molecular weight excluding hydrogens is 334 g/mol. The van der Waals surface area contributed by atoms with Gasteiger partial charge < -0.3 is 26.0 Å². The minimum atomic E-state index is -0.219. The van der Waals surface area contributed by atoms with Crippen molar-refractivity contribution in [1.82, 2.24) is 15.2 Å². The predicted molar refractivity (Wildman–Crippen MR) is 100.0 cm³/mol. The number of aromatic nitrogens is 1. The van der Waals surface area contributed by atoms with E-state index in [0.29, 0.717) is 30.0 Å². The first-order chi connectivity index (χ1) is 12.5. The SMILES string of the molecule is CN(C)CCNC(=O)c1cc(COc2cccnc2N)cc(NC=O)c1. The van der Waals surface area contributed by atoms with Crippen molar-refractivity contribution in [2.24, 2.45) is 0 Å². The number of nitrogens with one attached hydrogen (secondary N) is 2. The standard InChI is InChI=1S/C18H23N5O3/c1-23(2)7-6-21-18(25)14-8-13(9-15(10-14)22-12-24)11-26-16-4-3-5-20-17(16)19/h3-5,8-10,12H,6-7,11H2,1-2H3,(H2,19,20)(H,21,25)(H,22,24). The Labute approximate surface area is 152 Å². The lowest BCUT2D eigenvalue weighted by atomic mass is 10.1. The highest BCUT2D eigenvalue weighted by atomic mass is 16.5. The molecule has 1 aromatic carbocycles. The van der Waals surface area contributed by atoms with E-state index in [1.807, 2.05) is 19.0 Å². The molecule has 0 atom stereocenters. The topological polar surface area (TPSA) is 110 Å². The predicted octanol–water partition coefficient (Wildman–Crippen LogP) is 1.10. The van der Waals surface area contributed by atoms with Gasteiger partial charge in [-0.05, 0) is 50.0 Å². The van der Waals surface area contributed by atoms with Gasteiger partial charge in [-0.25, -0.2) is 4.98 Å². The number of ether oxygens (including phenoxy) is 1. The van der Waals surface area contributed by atoms with Gasteiger partial charge in [-0.3, -0.25) is 9.59 Å². The minimum Gasteiger partial charge on any atom is -0.485 e. The molecule has 4 N–H and O–H groups in total. The lowest BCUT2D eigenvalue weighted by Crippen LogP contribution is -2.31. The van der Waals surface area contributed by atoms with E-state index >= 15 is 0 Å². The summed E-state index contributed by atoms with van der Waals surface area (Å²) >= 11 is 0. The summed E-state index contributed by atoms with van der Waals surface area (Å²) in [5.74, 6) is 0.526. The van der Waals surface area contributed by atoms with Crippen LogP contribution in [0.25, 0.3) is 0 Å². The van der Waals surface area contributed by atoms with Gasteiger partial charge in [0.15, 0.2) is 11.6 Å². The molecule has 0 fully saturated rings. The van der Waals surface area contributed by atoms with Gasteiger partial charge in [-0.1, -0.05) is 0 Å². The van der Waals surface area contributed by atoms with Crippen molar-refractivity contribution in [3.63, 3.8) is 0 Å². The van der Waals surface area contributed by atoms with Gasteiger partial charge in [0.1, 0.15) is 6.61 Å². The van der Waals surface area contributed by atoms with Crippen LogP contribution in [0, 0.1) is 0 Å². The number of likely N-dealkylation sites (N-methyl/N-ethyl adjacent to an activating group) is 1. The van der Waals surface area contributed by atoms with Crippen LogP contribution in [0.5, 0.6) is 5.75 Å². The summed E-state index contributed by atoms with van der Waals surface area (Å²) in [4.78, 5) is 29.0. The highest BCUT2D eigenvalue weighted by Crippen LogP contribution is 2.21.